The molecule has 4 saturated carbocycles. The van der Waals surface area contributed by atoms with Gasteiger partial charge in [0.15, 0.2) is 9.84 Å². The van der Waals surface area contributed by atoms with Gasteiger partial charge in [-0.1, -0.05) is 65.0 Å². The molecule has 0 spiro atoms. The highest BCUT2D eigenvalue weighted by Crippen LogP contribution is 2.77. The van der Waals surface area contributed by atoms with Crippen molar-refractivity contribution >= 4 is 27.3 Å². The Balaban J connectivity index is 1.12. The van der Waals surface area contributed by atoms with Crippen molar-refractivity contribution in [2.45, 2.75) is 139 Å². The molecule has 5 aliphatic carbocycles. The fourth-order valence-corrected chi connectivity index (χ4v) is 16.2. The third-order valence-corrected chi connectivity index (χ3v) is 19.5. The second kappa shape index (κ2) is 15.2. The van der Waals surface area contributed by atoms with E-state index in [1.165, 1.54) is 68.1 Å². The van der Waals surface area contributed by atoms with Gasteiger partial charge >= 0.3 is 5.97 Å². The average molecular weight is 817 g/mol. The van der Waals surface area contributed by atoms with Gasteiger partial charge in [-0.3, -0.25) is 4.79 Å². The summed E-state index contributed by atoms with van der Waals surface area (Å²) in [5.41, 5.74) is 4.83. The van der Waals surface area contributed by atoms with Crippen LogP contribution in [0.3, 0.4) is 0 Å². The lowest BCUT2D eigenvalue weighted by molar-refractivity contribution is -0.226. The minimum absolute atomic E-state index is 0.000408. The Bertz CT molecular complexity index is 1900. The number of hydrogen-bond donors (Lipinski definition) is 0. The highest BCUT2D eigenvalue weighted by Gasteiger charge is 2.70. The molecule has 0 unspecified atom stereocenters. The number of benzene rings is 1. The summed E-state index contributed by atoms with van der Waals surface area (Å²) in [7, 11) is -2.90. The molecule has 7 nitrogen and oxygen atoms in total. The number of carbonyl (C=O) groups is 2. The van der Waals surface area contributed by atoms with Gasteiger partial charge in [-0.05, 0) is 178 Å². The molecular formula is C50H76N2O5S. The zero-order valence-corrected chi connectivity index (χ0v) is 38.7. The fraction of sp³-hybridized carbons (Fsp3) is 0.760. The van der Waals surface area contributed by atoms with Crippen molar-refractivity contribution in [2.75, 3.05) is 44.2 Å². The number of esters is 1. The molecule has 1 aliphatic heterocycles. The Labute approximate surface area is 352 Å². The van der Waals surface area contributed by atoms with E-state index in [4.69, 9.17) is 4.74 Å². The molecule has 0 aromatic heterocycles. The van der Waals surface area contributed by atoms with Crippen molar-refractivity contribution in [2.24, 2.45) is 56.7 Å². The molecule has 0 radical (unpaired) electrons. The molecule has 7 rings (SSSR count). The first-order valence-electron chi connectivity index (χ1n) is 22.8. The number of sulfone groups is 1. The topological polar surface area (TPSA) is 84.0 Å². The summed E-state index contributed by atoms with van der Waals surface area (Å²) in [6.45, 7) is 31.1. The highest BCUT2D eigenvalue weighted by molar-refractivity contribution is 7.91. The van der Waals surface area contributed by atoms with Crippen LogP contribution in [-0.2, 0) is 19.4 Å². The van der Waals surface area contributed by atoms with Gasteiger partial charge in [0.2, 0.25) is 5.91 Å². The second-order valence-electron chi connectivity index (χ2n) is 22.5. The Morgan fingerprint density at radius 2 is 1.55 bits per heavy atom. The van der Waals surface area contributed by atoms with Crippen LogP contribution in [0.25, 0.3) is 5.57 Å². The van der Waals surface area contributed by atoms with Gasteiger partial charge in [-0.2, -0.15) is 0 Å². The lowest BCUT2D eigenvalue weighted by atomic mass is 9.32. The van der Waals surface area contributed by atoms with Crippen molar-refractivity contribution in [1.82, 2.24) is 9.80 Å². The highest BCUT2D eigenvalue weighted by atomic mass is 32.2. The first-order valence-corrected chi connectivity index (χ1v) is 24.7. The second-order valence-corrected chi connectivity index (χ2v) is 24.8. The summed E-state index contributed by atoms with van der Waals surface area (Å²) in [5, 5.41) is 0. The lowest BCUT2D eigenvalue weighted by Gasteiger charge is -2.72. The summed E-state index contributed by atoms with van der Waals surface area (Å²) >= 11 is 0. The largest absolute Gasteiger partial charge is 0.456 e. The SMILES string of the molecule is C=C(C)[C@@H]1CC[C@]2(CN(CCCN3CCS(=O)(=O)CC3)C(C)=O)CC[C@]3(C)[C@H](CC[C@@H]4[C@@]5(C)CC=C(c6ccc(C(=O)OC(C)(C)C)cc6)C(C)(C)[C@@H]5CC[C@]43C)[C@@H]12. The van der Waals surface area contributed by atoms with Gasteiger partial charge in [0, 0.05) is 33.1 Å². The van der Waals surface area contributed by atoms with E-state index in [0.717, 1.165) is 32.5 Å². The summed E-state index contributed by atoms with van der Waals surface area (Å²) < 4.78 is 29.7. The number of amides is 1. The molecule has 9 atom stereocenters. The molecule has 5 fully saturated rings. The number of rotatable bonds is 9. The van der Waals surface area contributed by atoms with E-state index in [1.54, 1.807) is 6.92 Å². The summed E-state index contributed by atoms with van der Waals surface area (Å²) in [5.74, 6) is 3.27. The van der Waals surface area contributed by atoms with Crippen LogP contribution in [0.15, 0.2) is 42.5 Å². The van der Waals surface area contributed by atoms with Gasteiger partial charge in [-0.15, -0.1) is 0 Å². The van der Waals surface area contributed by atoms with Crippen LogP contribution >= 0.6 is 0 Å². The Morgan fingerprint density at radius 1 is 0.879 bits per heavy atom. The summed E-state index contributed by atoms with van der Waals surface area (Å²) in [6, 6.07) is 8.16. The predicted octanol–water partition coefficient (Wildman–Crippen LogP) is 10.3. The van der Waals surface area contributed by atoms with E-state index in [-0.39, 0.29) is 50.5 Å². The zero-order chi connectivity index (χ0) is 42.3. The van der Waals surface area contributed by atoms with Crippen molar-refractivity contribution < 1.29 is 22.7 Å². The third-order valence-electron chi connectivity index (χ3n) is 17.9. The predicted molar refractivity (Wildman–Crippen MR) is 236 cm³/mol. The van der Waals surface area contributed by atoms with Crippen molar-refractivity contribution in [3.63, 3.8) is 0 Å². The lowest BCUT2D eigenvalue weighted by Crippen LogP contribution is -2.66. The average Bonchev–Trinajstić information content (AvgIpc) is 3.51. The van der Waals surface area contributed by atoms with E-state index in [2.05, 4.69) is 76.1 Å². The number of hydrogen-bond acceptors (Lipinski definition) is 6. The molecule has 58 heavy (non-hydrogen) atoms. The first kappa shape index (κ1) is 43.6. The Kier molecular flexibility index (Phi) is 11.4. The molecule has 1 aromatic rings. The standard InChI is InChI=1S/C50H76N2O5S/c1-34(2)38-19-24-50(33-52(35(3)53)28-12-27-51-29-31-58(55,56)32-30-51)26-25-48(10)40(43(38)50)17-18-42-47(9)22-20-39(46(7,8)41(47)21-23-49(42,48)11)36-13-15-37(16-14-36)44(54)57-45(4,5)6/h13-16,20,38,40-43H,1,12,17-19,21-33H2,2-11H3/t38-,40+,41-,42+,43+,47-,48+,49+,50+/m0/s1. The maximum absolute atomic E-state index is 13.4. The number of carbonyl (C=O) groups excluding carboxylic acids is 2. The van der Waals surface area contributed by atoms with Crippen LogP contribution in [0.2, 0.25) is 0 Å². The van der Waals surface area contributed by atoms with E-state index >= 15 is 0 Å². The van der Waals surface area contributed by atoms with E-state index in [9.17, 15) is 18.0 Å². The van der Waals surface area contributed by atoms with Gasteiger partial charge in [0.05, 0.1) is 17.1 Å². The molecule has 1 amide bonds. The van der Waals surface area contributed by atoms with Crippen molar-refractivity contribution in [3.8, 4) is 0 Å². The molecule has 1 saturated heterocycles. The van der Waals surface area contributed by atoms with E-state index in [1.807, 2.05) is 32.9 Å². The maximum Gasteiger partial charge on any atom is 0.338 e. The van der Waals surface area contributed by atoms with E-state index in [0.29, 0.717) is 48.2 Å². The number of fused-ring (bicyclic) bond motifs is 7. The molecule has 1 heterocycles. The van der Waals surface area contributed by atoms with Crippen molar-refractivity contribution in [3.05, 3.63) is 53.6 Å². The third kappa shape index (κ3) is 7.49. The molecule has 0 bridgehead atoms. The quantitative estimate of drug-likeness (QED) is 0.182. The maximum atomic E-state index is 13.4. The van der Waals surface area contributed by atoms with E-state index < -0.39 is 15.4 Å². The zero-order valence-electron chi connectivity index (χ0n) is 37.8. The van der Waals surface area contributed by atoms with Gasteiger partial charge < -0.3 is 14.5 Å². The Hall–Kier alpha value is -2.45. The summed E-state index contributed by atoms with van der Waals surface area (Å²) in [6.07, 6.45) is 14.3. The van der Waals surface area contributed by atoms with Crippen LogP contribution in [0.5, 0.6) is 0 Å². The minimum Gasteiger partial charge on any atom is -0.456 e. The first-order chi connectivity index (χ1) is 27.0. The summed E-state index contributed by atoms with van der Waals surface area (Å²) in [4.78, 5) is 30.7. The molecular weight excluding hydrogens is 741 g/mol. The van der Waals surface area contributed by atoms with Crippen LogP contribution in [-0.4, -0.2) is 79.9 Å². The van der Waals surface area contributed by atoms with Gasteiger partial charge in [0.1, 0.15) is 5.60 Å². The number of ether oxygens (including phenoxy) is 1. The molecule has 1 aromatic carbocycles. The number of allylic oxidation sites excluding steroid dienone is 3. The smallest absolute Gasteiger partial charge is 0.338 e. The minimum atomic E-state index is -2.90. The molecule has 8 heteroatoms. The molecule has 0 N–H and O–H groups in total. The number of nitrogens with zero attached hydrogens (tertiary/aromatic N) is 2. The van der Waals surface area contributed by atoms with Crippen molar-refractivity contribution in [1.29, 1.82) is 0 Å². The van der Waals surface area contributed by atoms with Crippen LogP contribution in [0, 0.1) is 56.7 Å². The van der Waals surface area contributed by atoms with Crippen LogP contribution < -0.4 is 0 Å². The van der Waals surface area contributed by atoms with Crippen LogP contribution in [0.4, 0.5) is 0 Å². The Morgan fingerprint density at radius 3 is 2.17 bits per heavy atom. The molecule has 6 aliphatic rings. The normalized spacial score (nSPS) is 38.0. The van der Waals surface area contributed by atoms with Gasteiger partial charge in [-0.25, -0.2) is 13.2 Å². The fourth-order valence-electron chi connectivity index (χ4n) is 15.0. The van der Waals surface area contributed by atoms with Gasteiger partial charge in [0.25, 0.3) is 0 Å². The molecule has 322 valence electrons. The monoisotopic (exact) mass is 817 g/mol. The van der Waals surface area contributed by atoms with Crippen LogP contribution in [0.1, 0.15) is 149 Å².